The molecule has 0 saturated carbocycles. The summed E-state index contributed by atoms with van der Waals surface area (Å²) in [7, 11) is 4.25. The summed E-state index contributed by atoms with van der Waals surface area (Å²) in [6, 6.07) is 2.33. The third kappa shape index (κ3) is 2.05. The summed E-state index contributed by atoms with van der Waals surface area (Å²) in [5.41, 5.74) is 0.266. The number of fused-ring (bicyclic) bond motifs is 1. The molecule has 0 saturated heterocycles. The molecule has 6 nitrogen and oxygen atoms in total. The molecule has 0 amide bonds. The lowest BCUT2D eigenvalue weighted by molar-refractivity contribution is -0.140. The van der Waals surface area contributed by atoms with E-state index < -0.39 is 12.0 Å². The highest BCUT2D eigenvalue weighted by Gasteiger charge is 2.28. The number of nitrogens with zero attached hydrogens (tertiary/aromatic N) is 1. The van der Waals surface area contributed by atoms with Gasteiger partial charge < -0.3 is 14.2 Å². The van der Waals surface area contributed by atoms with Crippen LogP contribution >= 0.6 is 0 Å². The van der Waals surface area contributed by atoms with Gasteiger partial charge in [0.2, 0.25) is 0 Å². The van der Waals surface area contributed by atoms with Crippen molar-refractivity contribution in [3.63, 3.8) is 0 Å². The van der Waals surface area contributed by atoms with Crippen molar-refractivity contribution in [1.82, 2.24) is 0 Å². The first-order valence-corrected chi connectivity index (χ1v) is 5.53. The predicted octanol–water partition coefficient (Wildman–Crippen LogP) is -0.772. The minimum Gasteiger partial charge on any atom is -0.493 e. The van der Waals surface area contributed by atoms with Gasteiger partial charge in [0.25, 0.3) is 0 Å². The zero-order chi connectivity index (χ0) is 14.0. The highest BCUT2D eigenvalue weighted by Crippen LogP contribution is 2.23. The fourth-order valence-electron chi connectivity index (χ4n) is 1.98. The van der Waals surface area contributed by atoms with Crippen LogP contribution in [0.1, 0.15) is 0 Å². The third-order valence-electron chi connectivity index (χ3n) is 2.93. The van der Waals surface area contributed by atoms with E-state index in [-0.39, 0.29) is 5.57 Å². The molecule has 2 rings (SSSR count). The van der Waals surface area contributed by atoms with Crippen molar-refractivity contribution in [3.05, 3.63) is 22.7 Å². The molecular formula is C13H13NO5. The van der Waals surface area contributed by atoms with Crippen LogP contribution in [0.3, 0.4) is 0 Å². The molecule has 0 N–H and O–H groups in total. The lowest BCUT2D eigenvalue weighted by atomic mass is 10.1. The monoisotopic (exact) mass is 263 g/mol. The van der Waals surface area contributed by atoms with Gasteiger partial charge >= 0.3 is 5.97 Å². The molecule has 0 radical (unpaired) electrons. The van der Waals surface area contributed by atoms with Gasteiger partial charge in [0, 0.05) is 16.9 Å². The molecular weight excluding hydrogens is 250 g/mol. The van der Waals surface area contributed by atoms with E-state index in [2.05, 4.69) is 9.73 Å². The first kappa shape index (κ1) is 13.1. The number of rotatable bonds is 4. The van der Waals surface area contributed by atoms with E-state index in [0.29, 0.717) is 28.4 Å². The largest absolute Gasteiger partial charge is 0.493 e. The van der Waals surface area contributed by atoms with Gasteiger partial charge in [-0.05, 0) is 6.07 Å². The maximum Gasteiger partial charge on any atom is 0.335 e. The fourth-order valence-corrected chi connectivity index (χ4v) is 1.98. The summed E-state index contributed by atoms with van der Waals surface area (Å²) in [5.74, 6) is 0.387. The van der Waals surface area contributed by atoms with Gasteiger partial charge in [0.15, 0.2) is 17.5 Å². The van der Waals surface area contributed by atoms with Gasteiger partial charge in [-0.3, -0.25) is 9.79 Å². The molecule has 1 aliphatic heterocycles. The van der Waals surface area contributed by atoms with Crippen LogP contribution in [-0.2, 0) is 14.3 Å². The second kappa shape index (κ2) is 5.09. The summed E-state index contributed by atoms with van der Waals surface area (Å²) >= 11 is 0. The number of hydrogen-bond acceptors (Lipinski definition) is 6. The minimum absolute atomic E-state index is 0.266. The van der Waals surface area contributed by atoms with Crippen LogP contribution in [0, 0.1) is 0 Å². The minimum atomic E-state index is -0.922. The van der Waals surface area contributed by atoms with Crippen molar-refractivity contribution in [1.29, 1.82) is 0 Å². The van der Waals surface area contributed by atoms with Gasteiger partial charge in [-0.2, -0.15) is 0 Å². The second-order valence-electron chi connectivity index (χ2n) is 3.85. The van der Waals surface area contributed by atoms with Crippen LogP contribution < -0.4 is 20.0 Å². The highest BCUT2D eigenvalue weighted by molar-refractivity contribution is 6.09. The first-order chi connectivity index (χ1) is 9.15. The molecule has 19 heavy (non-hydrogen) atoms. The van der Waals surface area contributed by atoms with Gasteiger partial charge in [-0.1, -0.05) is 0 Å². The van der Waals surface area contributed by atoms with E-state index in [1.807, 2.05) is 0 Å². The Hall–Kier alpha value is -2.37. The van der Waals surface area contributed by atoms with Crippen LogP contribution in [-0.4, -0.2) is 39.6 Å². The Morgan fingerprint density at radius 1 is 1.21 bits per heavy atom. The molecule has 100 valence electrons. The second-order valence-corrected chi connectivity index (χ2v) is 3.85. The normalized spacial score (nSPS) is 16.4. The number of benzene rings is 1. The molecule has 1 atom stereocenters. The number of esters is 1. The van der Waals surface area contributed by atoms with Gasteiger partial charge in [-0.15, -0.1) is 0 Å². The Balaban J connectivity index is 2.71. The molecule has 0 aromatic heterocycles. The molecule has 0 unspecified atom stereocenters. The smallest absolute Gasteiger partial charge is 0.335 e. The summed E-state index contributed by atoms with van der Waals surface area (Å²) in [6.07, 6.45) is 0.614. The average molecular weight is 263 g/mol. The maximum atomic E-state index is 11.6. The lowest BCUT2D eigenvalue weighted by Gasteiger charge is -2.06. The van der Waals surface area contributed by atoms with E-state index in [0.717, 1.165) is 0 Å². The van der Waals surface area contributed by atoms with Crippen molar-refractivity contribution in [2.45, 2.75) is 6.04 Å². The van der Waals surface area contributed by atoms with Crippen LogP contribution in [0.5, 0.6) is 11.5 Å². The summed E-state index contributed by atoms with van der Waals surface area (Å²) in [6.45, 7) is 0. The van der Waals surface area contributed by atoms with Gasteiger partial charge in [0.1, 0.15) is 6.29 Å². The first-order valence-electron chi connectivity index (χ1n) is 5.53. The van der Waals surface area contributed by atoms with Crippen LogP contribution in [0.25, 0.3) is 5.57 Å². The van der Waals surface area contributed by atoms with E-state index in [1.165, 1.54) is 21.3 Å². The molecule has 1 aliphatic rings. The zero-order valence-corrected chi connectivity index (χ0v) is 10.8. The van der Waals surface area contributed by atoms with Crippen LogP contribution in [0.4, 0.5) is 0 Å². The Bertz CT molecular complexity index is 650. The summed E-state index contributed by atoms with van der Waals surface area (Å²) in [4.78, 5) is 27.0. The Labute approximate surface area is 109 Å². The molecule has 0 spiro atoms. The van der Waals surface area contributed by atoms with Gasteiger partial charge in [0.05, 0.1) is 26.7 Å². The lowest BCUT2D eigenvalue weighted by Crippen LogP contribution is -2.25. The number of carbonyl (C=O) groups is 2. The highest BCUT2D eigenvalue weighted by atomic mass is 16.5. The average Bonchev–Trinajstić information content (AvgIpc) is 2.81. The Morgan fingerprint density at radius 2 is 1.84 bits per heavy atom. The predicted molar refractivity (Wildman–Crippen MR) is 65.6 cm³/mol. The molecule has 1 aromatic carbocycles. The SMILES string of the molecule is COC(=O)[C@H]1N=c2cc(OC)c(OC)cc2=C1C=O. The molecule has 0 fully saturated rings. The standard InChI is InChI=1S/C13H13NO5/c1-17-10-4-7-8(6-15)12(13(16)19-3)14-9(7)5-11(10)18-2/h4-6,12H,1-3H3/t12-/m0/s1. The molecule has 0 bridgehead atoms. The zero-order valence-electron chi connectivity index (χ0n) is 10.8. The van der Waals surface area contributed by atoms with Crippen molar-refractivity contribution in [3.8, 4) is 11.5 Å². The Kier molecular flexibility index (Phi) is 3.50. The third-order valence-corrected chi connectivity index (χ3v) is 2.93. The van der Waals surface area contributed by atoms with Crippen LogP contribution in [0.15, 0.2) is 17.1 Å². The summed E-state index contributed by atoms with van der Waals surface area (Å²) in [5, 5.41) is 1.07. The van der Waals surface area contributed by atoms with Crippen molar-refractivity contribution < 1.29 is 23.8 Å². The van der Waals surface area contributed by atoms with Crippen molar-refractivity contribution in [2.75, 3.05) is 21.3 Å². The number of ether oxygens (including phenoxy) is 3. The van der Waals surface area contributed by atoms with Crippen LogP contribution in [0.2, 0.25) is 0 Å². The number of methoxy groups -OCH3 is 3. The van der Waals surface area contributed by atoms with E-state index >= 15 is 0 Å². The van der Waals surface area contributed by atoms with Gasteiger partial charge in [-0.25, -0.2) is 4.79 Å². The molecule has 6 heteroatoms. The number of carbonyl (C=O) groups excluding carboxylic acids is 2. The van der Waals surface area contributed by atoms with Crippen molar-refractivity contribution in [2.24, 2.45) is 4.99 Å². The molecule has 1 heterocycles. The topological polar surface area (TPSA) is 74.2 Å². The van der Waals surface area contributed by atoms with E-state index in [9.17, 15) is 9.59 Å². The molecule has 0 aliphatic carbocycles. The maximum absolute atomic E-state index is 11.6. The number of hydrogen-bond donors (Lipinski definition) is 0. The Morgan fingerprint density at radius 3 is 2.37 bits per heavy atom. The summed E-state index contributed by atoms with van der Waals surface area (Å²) < 4.78 is 15.0. The quantitative estimate of drug-likeness (QED) is 0.526. The van der Waals surface area contributed by atoms with Crippen molar-refractivity contribution >= 4 is 17.8 Å². The van der Waals surface area contributed by atoms with E-state index in [1.54, 1.807) is 12.1 Å². The van der Waals surface area contributed by atoms with E-state index in [4.69, 9.17) is 9.47 Å². The number of aldehydes is 1. The molecule has 1 aromatic rings. The fraction of sp³-hybridized carbons (Fsp3) is 0.308.